The quantitative estimate of drug-likeness (QED) is 0.470. The van der Waals surface area contributed by atoms with Crippen molar-refractivity contribution < 1.29 is 17.9 Å². The summed E-state index contributed by atoms with van der Waals surface area (Å²) in [5.41, 5.74) is -0.0980. The fourth-order valence-electron chi connectivity index (χ4n) is 3.80. The van der Waals surface area contributed by atoms with E-state index in [1.54, 1.807) is 13.1 Å². The summed E-state index contributed by atoms with van der Waals surface area (Å²) in [4.78, 5) is 8.88. The molecule has 1 N–H and O–H groups in total. The van der Waals surface area contributed by atoms with Gasteiger partial charge in [-0.05, 0) is 56.6 Å². The maximum atomic E-state index is 13.0. The number of aliphatic imine (C=N–C) groups is 1. The van der Waals surface area contributed by atoms with Gasteiger partial charge in [0, 0.05) is 20.1 Å². The van der Waals surface area contributed by atoms with Crippen molar-refractivity contribution in [2.75, 3.05) is 52.9 Å². The van der Waals surface area contributed by atoms with Crippen LogP contribution in [0.1, 0.15) is 36.5 Å². The summed E-state index contributed by atoms with van der Waals surface area (Å²) in [7, 11) is 1.73. The van der Waals surface area contributed by atoms with Gasteiger partial charge >= 0.3 is 6.18 Å². The van der Waals surface area contributed by atoms with Crippen LogP contribution >= 0.6 is 0 Å². The van der Waals surface area contributed by atoms with Crippen molar-refractivity contribution >= 4 is 5.96 Å². The molecule has 2 saturated heterocycles. The summed E-state index contributed by atoms with van der Waals surface area (Å²) in [6.45, 7) is 5.90. The van der Waals surface area contributed by atoms with Gasteiger partial charge in [-0.25, -0.2) is 0 Å². The Morgan fingerprint density at radius 3 is 2.75 bits per heavy atom. The highest BCUT2D eigenvalue weighted by atomic mass is 19.4. The van der Waals surface area contributed by atoms with Gasteiger partial charge in [0.05, 0.1) is 18.7 Å². The Kier molecular flexibility index (Phi) is 7.18. The lowest BCUT2D eigenvalue weighted by atomic mass is 10.0. The molecule has 8 heteroatoms. The Hall–Kier alpha value is -1.80. The number of alkyl halides is 3. The predicted molar refractivity (Wildman–Crippen MR) is 103 cm³/mol. The molecule has 1 unspecified atom stereocenters. The van der Waals surface area contributed by atoms with Crippen LogP contribution in [0.15, 0.2) is 29.3 Å². The average Bonchev–Trinajstić information content (AvgIpc) is 3.21. The summed E-state index contributed by atoms with van der Waals surface area (Å²) >= 11 is 0. The minimum Gasteiger partial charge on any atom is -0.370 e. The van der Waals surface area contributed by atoms with Crippen LogP contribution in [0, 0.1) is 0 Å². The van der Waals surface area contributed by atoms with Gasteiger partial charge in [-0.1, -0.05) is 12.1 Å². The molecule has 2 aliphatic rings. The van der Waals surface area contributed by atoms with E-state index in [9.17, 15) is 13.2 Å². The Morgan fingerprint density at radius 2 is 2.04 bits per heavy atom. The molecule has 1 aromatic rings. The summed E-state index contributed by atoms with van der Waals surface area (Å²) in [5, 5.41) is 3.38. The summed E-state index contributed by atoms with van der Waals surface area (Å²) in [6.07, 6.45) is -1.13. The smallest absolute Gasteiger partial charge is 0.370 e. The second kappa shape index (κ2) is 9.60. The van der Waals surface area contributed by atoms with Crippen LogP contribution in [0.4, 0.5) is 13.2 Å². The molecule has 0 aromatic heterocycles. The zero-order valence-corrected chi connectivity index (χ0v) is 16.3. The number of nitrogens with one attached hydrogen (secondary N) is 1. The number of halogens is 3. The van der Waals surface area contributed by atoms with Crippen LogP contribution in [0.3, 0.4) is 0 Å². The zero-order chi connectivity index (χ0) is 20.0. The van der Waals surface area contributed by atoms with Crippen molar-refractivity contribution in [2.24, 2.45) is 4.99 Å². The molecule has 2 heterocycles. The van der Waals surface area contributed by atoms with Gasteiger partial charge < -0.3 is 19.9 Å². The van der Waals surface area contributed by atoms with Crippen molar-refractivity contribution in [3.05, 3.63) is 35.4 Å². The van der Waals surface area contributed by atoms with Crippen molar-refractivity contribution in [1.82, 2.24) is 15.1 Å². The van der Waals surface area contributed by atoms with E-state index in [2.05, 4.69) is 20.1 Å². The lowest BCUT2D eigenvalue weighted by Crippen LogP contribution is -2.48. The van der Waals surface area contributed by atoms with Crippen molar-refractivity contribution in [2.45, 2.75) is 31.5 Å². The van der Waals surface area contributed by atoms with Gasteiger partial charge in [0.2, 0.25) is 0 Å². The Balaban J connectivity index is 1.54. The van der Waals surface area contributed by atoms with E-state index in [1.165, 1.54) is 38.1 Å². The molecule has 28 heavy (non-hydrogen) atoms. The summed E-state index contributed by atoms with van der Waals surface area (Å²) in [6, 6.07) is 5.40. The predicted octanol–water partition coefficient (Wildman–Crippen LogP) is 3.14. The molecule has 0 aliphatic carbocycles. The van der Waals surface area contributed by atoms with Gasteiger partial charge in [-0.15, -0.1) is 0 Å². The molecule has 0 radical (unpaired) electrons. The number of likely N-dealkylation sites (tertiary alicyclic amines) is 1. The van der Waals surface area contributed by atoms with E-state index < -0.39 is 17.8 Å². The van der Waals surface area contributed by atoms with Crippen molar-refractivity contribution in [3.8, 4) is 0 Å². The molecular formula is C20H29F3N4O. The van der Waals surface area contributed by atoms with Gasteiger partial charge in [0.1, 0.15) is 6.10 Å². The average molecular weight is 398 g/mol. The number of benzene rings is 1. The van der Waals surface area contributed by atoms with E-state index in [4.69, 9.17) is 4.74 Å². The number of morpholine rings is 1. The SMILES string of the molecule is CN=C(NCCCN1CCCC1)N1CCOC(c2cccc(C(F)(F)F)c2)C1. The first-order valence-corrected chi connectivity index (χ1v) is 9.94. The summed E-state index contributed by atoms with van der Waals surface area (Å²) < 4.78 is 44.7. The molecule has 0 bridgehead atoms. The maximum absolute atomic E-state index is 13.0. The monoisotopic (exact) mass is 398 g/mol. The molecule has 0 spiro atoms. The topological polar surface area (TPSA) is 40.1 Å². The molecule has 0 saturated carbocycles. The lowest BCUT2D eigenvalue weighted by Gasteiger charge is -2.35. The number of rotatable bonds is 5. The number of hydrogen-bond acceptors (Lipinski definition) is 3. The molecule has 156 valence electrons. The molecule has 5 nitrogen and oxygen atoms in total. The van der Waals surface area contributed by atoms with Crippen molar-refractivity contribution in [1.29, 1.82) is 0 Å². The first kappa shape index (κ1) is 20.9. The minimum atomic E-state index is -4.35. The van der Waals surface area contributed by atoms with Crippen LogP contribution in [0.25, 0.3) is 0 Å². The Bertz CT molecular complexity index is 659. The largest absolute Gasteiger partial charge is 0.416 e. The number of guanidine groups is 1. The Morgan fingerprint density at radius 1 is 1.25 bits per heavy atom. The fourth-order valence-corrected chi connectivity index (χ4v) is 3.80. The van der Waals surface area contributed by atoms with E-state index >= 15 is 0 Å². The van der Waals surface area contributed by atoms with Gasteiger partial charge in [0.25, 0.3) is 0 Å². The van der Waals surface area contributed by atoms with Gasteiger partial charge in [-0.2, -0.15) is 13.2 Å². The fraction of sp³-hybridized carbons (Fsp3) is 0.650. The standard InChI is InChI=1S/C20H29F3N4O/c1-24-19(25-8-5-11-26-9-2-3-10-26)27-12-13-28-18(15-27)16-6-4-7-17(14-16)20(21,22)23/h4,6-7,14,18H,2-3,5,8-13,15H2,1H3,(H,24,25). The first-order valence-electron chi connectivity index (χ1n) is 9.94. The normalized spacial score (nSPS) is 21.9. The molecule has 1 aromatic carbocycles. The molecule has 3 rings (SSSR count). The van der Waals surface area contributed by atoms with Crippen LogP contribution in [0.2, 0.25) is 0 Å². The lowest BCUT2D eigenvalue weighted by molar-refractivity contribution is -0.137. The number of nitrogens with zero attached hydrogens (tertiary/aromatic N) is 3. The molecule has 2 aliphatic heterocycles. The molecule has 1 atom stereocenters. The van der Waals surface area contributed by atoms with Crippen LogP contribution in [-0.2, 0) is 10.9 Å². The molecular weight excluding hydrogens is 369 g/mol. The van der Waals surface area contributed by atoms with Crippen LogP contribution in [-0.4, -0.2) is 68.7 Å². The highest BCUT2D eigenvalue weighted by Gasteiger charge is 2.32. The van der Waals surface area contributed by atoms with E-state index in [0.29, 0.717) is 25.3 Å². The van der Waals surface area contributed by atoms with Crippen LogP contribution in [0.5, 0.6) is 0 Å². The second-order valence-electron chi connectivity index (χ2n) is 7.30. The van der Waals surface area contributed by atoms with E-state index in [1.807, 2.05) is 0 Å². The third-order valence-corrected chi connectivity index (χ3v) is 5.30. The van der Waals surface area contributed by atoms with Crippen molar-refractivity contribution in [3.63, 3.8) is 0 Å². The number of hydrogen-bond donors (Lipinski definition) is 1. The van der Waals surface area contributed by atoms with E-state index in [-0.39, 0.29) is 0 Å². The summed E-state index contributed by atoms with van der Waals surface area (Å²) in [5.74, 6) is 0.779. The van der Waals surface area contributed by atoms with Gasteiger partial charge in [-0.3, -0.25) is 4.99 Å². The minimum absolute atomic E-state index is 0.404. The Labute approximate surface area is 164 Å². The third-order valence-electron chi connectivity index (χ3n) is 5.30. The van der Waals surface area contributed by atoms with Crippen LogP contribution < -0.4 is 5.32 Å². The third kappa shape index (κ3) is 5.61. The zero-order valence-electron chi connectivity index (χ0n) is 16.3. The molecule has 0 amide bonds. The number of ether oxygens (including phenoxy) is 1. The highest BCUT2D eigenvalue weighted by molar-refractivity contribution is 5.80. The first-order chi connectivity index (χ1) is 13.5. The highest BCUT2D eigenvalue weighted by Crippen LogP contribution is 2.32. The second-order valence-corrected chi connectivity index (χ2v) is 7.30. The van der Waals surface area contributed by atoms with Gasteiger partial charge in [0.15, 0.2) is 5.96 Å². The molecule has 2 fully saturated rings. The maximum Gasteiger partial charge on any atom is 0.416 e. The van der Waals surface area contributed by atoms with E-state index in [0.717, 1.165) is 31.5 Å².